The van der Waals surface area contributed by atoms with E-state index in [2.05, 4.69) is 5.32 Å². The van der Waals surface area contributed by atoms with Crippen LogP contribution in [0.2, 0.25) is 0 Å². The molecule has 0 aliphatic heterocycles. The predicted octanol–water partition coefficient (Wildman–Crippen LogP) is 1.04. The summed E-state index contributed by atoms with van der Waals surface area (Å²) < 4.78 is 0. The van der Waals surface area contributed by atoms with Gasteiger partial charge in [0.15, 0.2) is 0 Å². The molecule has 0 spiro atoms. The lowest BCUT2D eigenvalue weighted by Crippen LogP contribution is -2.45. The Bertz CT molecular complexity index is 216. The van der Waals surface area contributed by atoms with Crippen molar-refractivity contribution in [2.45, 2.75) is 12.6 Å². The topological polar surface area (TPSA) is 38.0 Å². The number of hydrogen-bond donors (Lipinski definition) is 2. The zero-order valence-corrected chi connectivity index (χ0v) is 6.96. The summed E-state index contributed by atoms with van der Waals surface area (Å²) in [6, 6.07) is 9.97. The fourth-order valence-corrected chi connectivity index (χ4v) is 0.929. The summed E-state index contributed by atoms with van der Waals surface area (Å²) >= 11 is 0. The lowest BCUT2D eigenvalue weighted by molar-refractivity contribution is 0.418. The fourth-order valence-electron chi connectivity index (χ4n) is 0.929. The second-order valence-electron chi connectivity index (χ2n) is 2.82. The van der Waals surface area contributed by atoms with E-state index in [1.54, 1.807) is 0 Å². The van der Waals surface area contributed by atoms with Gasteiger partial charge in [-0.1, -0.05) is 30.3 Å². The van der Waals surface area contributed by atoms with E-state index in [1.165, 1.54) is 0 Å². The Kier molecular flexibility index (Phi) is 2.27. The van der Waals surface area contributed by atoms with Gasteiger partial charge < -0.3 is 5.73 Å². The van der Waals surface area contributed by atoms with Crippen LogP contribution in [0, 0.1) is 0 Å². The molecule has 0 fully saturated rings. The summed E-state index contributed by atoms with van der Waals surface area (Å²) in [5.74, 6) is 0. The van der Waals surface area contributed by atoms with Gasteiger partial charge in [0.2, 0.25) is 0 Å². The first kappa shape index (κ1) is 8.24. The number of rotatable bonds is 2. The van der Waals surface area contributed by atoms with E-state index >= 15 is 0 Å². The van der Waals surface area contributed by atoms with Crippen LogP contribution in [0.25, 0.3) is 0 Å². The molecule has 0 aromatic heterocycles. The van der Waals surface area contributed by atoms with Crippen LogP contribution in [0.3, 0.4) is 0 Å². The largest absolute Gasteiger partial charge is 0.310 e. The molecular formula is C9H14N2. The lowest BCUT2D eigenvalue weighted by atomic mass is 10.0. The Balaban J connectivity index is 2.93. The van der Waals surface area contributed by atoms with Crippen molar-refractivity contribution in [3.63, 3.8) is 0 Å². The molecule has 2 nitrogen and oxygen atoms in total. The number of nitrogens with two attached hydrogens (primary N) is 1. The van der Waals surface area contributed by atoms with Crippen LogP contribution in [-0.2, 0) is 5.66 Å². The Morgan fingerprint density at radius 1 is 1.27 bits per heavy atom. The van der Waals surface area contributed by atoms with Crippen LogP contribution in [0.5, 0.6) is 0 Å². The number of hydrogen-bond acceptors (Lipinski definition) is 2. The first-order valence-electron chi connectivity index (χ1n) is 3.70. The molecular weight excluding hydrogens is 136 g/mol. The van der Waals surface area contributed by atoms with Gasteiger partial charge in [0.05, 0.1) is 5.66 Å². The highest BCUT2D eigenvalue weighted by Gasteiger charge is 2.16. The summed E-state index contributed by atoms with van der Waals surface area (Å²) in [5.41, 5.74) is 6.61. The minimum atomic E-state index is -0.415. The lowest BCUT2D eigenvalue weighted by Gasteiger charge is -2.24. The molecule has 0 saturated carbocycles. The standard InChI is InChI=1S/C9H14N2/c1-9(10,11-2)8-6-4-3-5-7-8/h3-7,11H,10H2,1-2H3. The fraction of sp³-hybridized carbons (Fsp3) is 0.333. The molecule has 11 heavy (non-hydrogen) atoms. The molecule has 1 aromatic carbocycles. The van der Waals surface area contributed by atoms with Crippen molar-refractivity contribution in [3.8, 4) is 0 Å². The minimum Gasteiger partial charge on any atom is -0.310 e. The maximum Gasteiger partial charge on any atom is 0.0893 e. The molecule has 60 valence electrons. The minimum absolute atomic E-state index is 0.415. The van der Waals surface area contributed by atoms with E-state index < -0.39 is 5.66 Å². The van der Waals surface area contributed by atoms with E-state index in [0.29, 0.717) is 0 Å². The molecule has 1 unspecified atom stereocenters. The molecule has 0 aliphatic carbocycles. The summed E-state index contributed by atoms with van der Waals surface area (Å²) in [7, 11) is 1.85. The van der Waals surface area contributed by atoms with Gasteiger partial charge in [0, 0.05) is 0 Å². The van der Waals surface area contributed by atoms with Crippen molar-refractivity contribution in [1.82, 2.24) is 5.32 Å². The number of benzene rings is 1. The molecule has 1 atom stereocenters. The zero-order chi connectivity index (χ0) is 8.32. The van der Waals surface area contributed by atoms with Crippen molar-refractivity contribution in [2.24, 2.45) is 5.73 Å². The highest BCUT2D eigenvalue weighted by atomic mass is 15.1. The van der Waals surface area contributed by atoms with Crippen molar-refractivity contribution < 1.29 is 0 Å². The van der Waals surface area contributed by atoms with Gasteiger partial charge >= 0.3 is 0 Å². The highest BCUT2D eigenvalue weighted by Crippen LogP contribution is 2.12. The van der Waals surface area contributed by atoms with E-state index in [0.717, 1.165) is 5.56 Å². The van der Waals surface area contributed by atoms with Crippen molar-refractivity contribution in [2.75, 3.05) is 7.05 Å². The summed E-state index contributed by atoms with van der Waals surface area (Å²) in [5, 5.41) is 3.04. The van der Waals surface area contributed by atoms with Crippen LogP contribution in [0.15, 0.2) is 30.3 Å². The molecule has 1 aromatic rings. The third-order valence-corrected chi connectivity index (χ3v) is 1.89. The molecule has 1 rings (SSSR count). The molecule has 2 heteroatoms. The number of nitrogens with one attached hydrogen (secondary N) is 1. The Morgan fingerprint density at radius 2 is 1.82 bits per heavy atom. The van der Waals surface area contributed by atoms with Gasteiger partial charge in [-0.3, -0.25) is 5.32 Å². The summed E-state index contributed by atoms with van der Waals surface area (Å²) in [6.45, 7) is 1.95. The van der Waals surface area contributed by atoms with E-state index in [-0.39, 0.29) is 0 Å². The van der Waals surface area contributed by atoms with Crippen LogP contribution in [0.1, 0.15) is 12.5 Å². The molecule has 0 bridgehead atoms. The first-order valence-corrected chi connectivity index (χ1v) is 3.70. The van der Waals surface area contributed by atoms with Gasteiger partial charge in [0.1, 0.15) is 0 Å². The third-order valence-electron chi connectivity index (χ3n) is 1.89. The molecule has 0 radical (unpaired) electrons. The zero-order valence-electron chi connectivity index (χ0n) is 6.96. The first-order chi connectivity index (χ1) is 5.17. The molecule has 0 heterocycles. The highest BCUT2D eigenvalue weighted by molar-refractivity contribution is 5.21. The molecule has 0 saturated heterocycles. The third kappa shape index (κ3) is 1.79. The Labute approximate surface area is 67.4 Å². The van der Waals surface area contributed by atoms with Crippen LogP contribution in [-0.4, -0.2) is 7.05 Å². The Hall–Kier alpha value is -0.860. The SMILES string of the molecule is CNC(C)(N)c1ccccc1. The van der Waals surface area contributed by atoms with E-state index in [4.69, 9.17) is 5.73 Å². The van der Waals surface area contributed by atoms with Gasteiger partial charge in [-0.05, 0) is 19.5 Å². The monoisotopic (exact) mass is 150 g/mol. The van der Waals surface area contributed by atoms with E-state index in [9.17, 15) is 0 Å². The molecule has 0 amide bonds. The van der Waals surface area contributed by atoms with Crippen LogP contribution >= 0.6 is 0 Å². The van der Waals surface area contributed by atoms with Gasteiger partial charge in [-0.15, -0.1) is 0 Å². The van der Waals surface area contributed by atoms with E-state index in [1.807, 2.05) is 44.3 Å². The average molecular weight is 150 g/mol. The van der Waals surface area contributed by atoms with Crippen LogP contribution in [0.4, 0.5) is 0 Å². The van der Waals surface area contributed by atoms with Gasteiger partial charge in [-0.2, -0.15) is 0 Å². The average Bonchev–Trinajstić information content (AvgIpc) is 2.06. The predicted molar refractivity (Wildman–Crippen MR) is 47.0 cm³/mol. The van der Waals surface area contributed by atoms with Crippen LogP contribution < -0.4 is 11.1 Å². The second-order valence-corrected chi connectivity index (χ2v) is 2.82. The quantitative estimate of drug-likeness (QED) is 0.618. The molecule has 3 N–H and O–H groups in total. The molecule has 0 aliphatic rings. The van der Waals surface area contributed by atoms with Crippen molar-refractivity contribution in [3.05, 3.63) is 35.9 Å². The normalized spacial score (nSPS) is 15.9. The maximum absolute atomic E-state index is 5.93. The smallest absolute Gasteiger partial charge is 0.0893 e. The maximum atomic E-state index is 5.93. The van der Waals surface area contributed by atoms with Crippen molar-refractivity contribution in [1.29, 1.82) is 0 Å². The summed E-state index contributed by atoms with van der Waals surface area (Å²) in [4.78, 5) is 0. The van der Waals surface area contributed by atoms with Gasteiger partial charge in [-0.25, -0.2) is 0 Å². The van der Waals surface area contributed by atoms with Crippen molar-refractivity contribution >= 4 is 0 Å². The van der Waals surface area contributed by atoms with Gasteiger partial charge in [0.25, 0.3) is 0 Å². The summed E-state index contributed by atoms with van der Waals surface area (Å²) in [6.07, 6.45) is 0. The second kappa shape index (κ2) is 3.03. The Morgan fingerprint density at radius 3 is 2.27 bits per heavy atom.